The second-order valence-corrected chi connectivity index (χ2v) is 7.97. The van der Waals surface area contributed by atoms with E-state index in [1.807, 2.05) is 61.5 Å². The Morgan fingerprint density at radius 2 is 2.06 bits per heavy atom. The number of benzene rings is 1. The van der Waals surface area contributed by atoms with E-state index in [0.29, 0.717) is 5.75 Å². The van der Waals surface area contributed by atoms with E-state index >= 15 is 0 Å². The summed E-state index contributed by atoms with van der Waals surface area (Å²) in [7, 11) is 0. The SMILES string of the molecule is Cc1cccc(OCC(=O)N2N=C3/C(=C/c4ccco4)CCC[C@H]3[C@H]2c2ccco2)c1. The van der Waals surface area contributed by atoms with Gasteiger partial charge in [0.25, 0.3) is 5.91 Å². The van der Waals surface area contributed by atoms with Gasteiger partial charge in [-0.25, -0.2) is 5.01 Å². The van der Waals surface area contributed by atoms with E-state index in [4.69, 9.17) is 18.7 Å². The lowest BCUT2D eigenvalue weighted by atomic mass is 9.79. The lowest BCUT2D eigenvalue weighted by molar-refractivity contribution is -0.136. The number of rotatable bonds is 5. The molecule has 6 heteroatoms. The predicted molar refractivity (Wildman–Crippen MR) is 116 cm³/mol. The highest BCUT2D eigenvalue weighted by Crippen LogP contribution is 2.44. The molecule has 1 fully saturated rings. The number of amides is 1. The van der Waals surface area contributed by atoms with Crippen molar-refractivity contribution in [3.63, 3.8) is 0 Å². The first-order valence-electron chi connectivity index (χ1n) is 10.6. The molecule has 0 saturated heterocycles. The van der Waals surface area contributed by atoms with Crippen LogP contribution in [-0.2, 0) is 4.79 Å². The molecule has 2 aliphatic rings. The maximum Gasteiger partial charge on any atom is 0.281 e. The van der Waals surface area contributed by atoms with Crippen LogP contribution in [0.15, 0.2) is 80.6 Å². The number of aryl methyl sites for hydroxylation is 1. The Kier molecular flexibility index (Phi) is 5.20. The lowest BCUT2D eigenvalue weighted by Gasteiger charge is -2.27. The van der Waals surface area contributed by atoms with Gasteiger partial charge in [-0.3, -0.25) is 4.79 Å². The van der Waals surface area contributed by atoms with E-state index in [1.165, 1.54) is 0 Å². The van der Waals surface area contributed by atoms with Gasteiger partial charge in [0.2, 0.25) is 0 Å². The molecule has 0 bridgehead atoms. The van der Waals surface area contributed by atoms with Gasteiger partial charge in [-0.05, 0) is 79.8 Å². The van der Waals surface area contributed by atoms with Crippen LogP contribution in [0.25, 0.3) is 6.08 Å². The third-order valence-corrected chi connectivity index (χ3v) is 5.80. The first-order valence-corrected chi connectivity index (χ1v) is 10.6. The van der Waals surface area contributed by atoms with Crippen molar-refractivity contribution in [2.45, 2.75) is 32.2 Å². The molecule has 2 atom stereocenters. The van der Waals surface area contributed by atoms with Crippen molar-refractivity contribution in [2.24, 2.45) is 11.0 Å². The van der Waals surface area contributed by atoms with Crippen LogP contribution in [-0.4, -0.2) is 23.2 Å². The van der Waals surface area contributed by atoms with Gasteiger partial charge < -0.3 is 13.6 Å². The summed E-state index contributed by atoms with van der Waals surface area (Å²) in [6.07, 6.45) is 8.20. The molecular weight excluding hydrogens is 392 g/mol. The van der Waals surface area contributed by atoms with Crippen LogP contribution in [0, 0.1) is 12.8 Å². The van der Waals surface area contributed by atoms with Crippen molar-refractivity contribution in [2.75, 3.05) is 6.61 Å². The number of carbonyl (C=O) groups is 1. The molecule has 2 aromatic heterocycles. The molecule has 1 saturated carbocycles. The van der Waals surface area contributed by atoms with E-state index in [-0.39, 0.29) is 24.5 Å². The Balaban J connectivity index is 1.43. The third kappa shape index (κ3) is 3.93. The van der Waals surface area contributed by atoms with Crippen LogP contribution in [0.3, 0.4) is 0 Å². The number of ether oxygens (including phenoxy) is 1. The molecule has 0 radical (unpaired) electrons. The molecule has 0 spiro atoms. The van der Waals surface area contributed by atoms with Crippen molar-refractivity contribution in [3.05, 3.63) is 83.7 Å². The lowest BCUT2D eigenvalue weighted by Crippen LogP contribution is -2.34. The van der Waals surface area contributed by atoms with Crippen molar-refractivity contribution in [3.8, 4) is 5.75 Å². The second kappa shape index (κ2) is 8.30. The number of hydrogen-bond acceptors (Lipinski definition) is 5. The fraction of sp³-hybridized carbons (Fsp3) is 0.280. The molecule has 1 aliphatic heterocycles. The zero-order valence-electron chi connectivity index (χ0n) is 17.4. The Morgan fingerprint density at radius 1 is 1.19 bits per heavy atom. The van der Waals surface area contributed by atoms with Gasteiger partial charge >= 0.3 is 0 Å². The fourth-order valence-corrected chi connectivity index (χ4v) is 4.41. The summed E-state index contributed by atoms with van der Waals surface area (Å²) >= 11 is 0. The average Bonchev–Trinajstić information content (AvgIpc) is 3.52. The maximum absolute atomic E-state index is 13.2. The summed E-state index contributed by atoms with van der Waals surface area (Å²) in [5.41, 5.74) is 3.13. The number of hydrogen-bond donors (Lipinski definition) is 0. The van der Waals surface area contributed by atoms with Gasteiger partial charge in [0.15, 0.2) is 6.61 Å². The number of hydrazone groups is 1. The fourth-order valence-electron chi connectivity index (χ4n) is 4.41. The average molecular weight is 416 g/mol. The second-order valence-electron chi connectivity index (χ2n) is 7.97. The molecule has 3 heterocycles. The summed E-state index contributed by atoms with van der Waals surface area (Å²) in [5, 5.41) is 6.34. The van der Waals surface area contributed by atoms with Gasteiger partial charge in [-0.15, -0.1) is 0 Å². The molecule has 1 amide bonds. The van der Waals surface area contributed by atoms with Crippen molar-refractivity contribution in [1.82, 2.24) is 5.01 Å². The Hall–Kier alpha value is -3.54. The molecular formula is C25H24N2O4. The molecule has 0 unspecified atom stereocenters. The van der Waals surface area contributed by atoms with Crippen LogP contribution >= 0.6 is 0 Å². The summed E-state index contributed by atoms with van der Waals surface area (Å²) in [4.78, 5) is 13.2. The van der Waals surface area contributed by atoms with E-state index in [9.17, 15) is 4.79 Å². The van der Waals surface area contributed by atoms with Gasteiger partial charge in [-0.2, -0.15) is 5.10 Å². The third-order valence-electron chi connectivity index (χ3n) is 5.80. The molecule has 0 N–H and O–H groups in total. The first-order chi connectivity index (χ1) is 15.2. The molecule has 5 rings (SSSR count). The summed E-state index contributed by atoms with van der Waals surface area (Å²) in [6.45, 7) is 1.91. The monoisotopic (exact) mass is 416 g/mol. The Bertz CT molecular complexity index is 1110. The predicted octanol–water partition coefficient (Wildman–Crippen LogP) is 5.38. The zero-order chi connectivity index (χ0) is 21.2. The van der Waals surface area contributed by atoms with E-state index in [2.05, 4.69) is 0 Å². The highest BCUT2D eigenvalue weighted by Gasteiger charge is 2.45. The van der Waals surface area contributed by atoms with Crippen LogP contribution in [0.2, 0.25) is 0 Å². The minimum atomic E-state index is -0.265. The van der Waals surface area contributed by atoms with Crippen LogP contribution < -0.4 is 4.74 Å². The standard InChI is InChI=1S/C25H24N2O4/c1-17-6-2-8-19(14-17)31-16-23(28)27-25(22-11-5-13-30-22)21-10-3-7-18(24(21)26-27)15-20-9-4-12-29-20/h2,4-6,8-9,11-15,21,25H,3,7,10,16H2,1H3/b18-15+/t21-,25+/m1/s1. The summed E-state index contributed by atoms with van der Waals surface area (Å²) < 4.78 is 17.0. The molecule has 158 valence electrons. The molecule has 3 aromatic rings. The number of allylic oxidation sites excluding steroid dienone is 1. The largest absolute Gasteiger partial charge is 0.484 e. The van der Waals surface area contributed by atoms with Gasteiger partial charge in [0, 0.05) is 5.92 Å². The number of nitrogens with zero attached hydrogens (tertiary/aromatic N) is 2. The summed E-state index contributed by atoms with van der Waals surface area (Å²) in [6, 6.07) is 15.0. The van der Waals surface area contributed by atoms with Gasteiger partial charge in [-0.1, -0.05) is 12.1 Å². The van der Waals surface area contributed by atoms with E-state index < -0.39 is 0 Å². The Labute approximate surface area is 180 Å². The van der Waals surface area contributed by atoms with Crippen LogP contribution in [0.5, 0.6) is 5.75 Å². The highest BCUT2D eigenvalue weighted by atomic mass is 16.5. The molecule has 31 heavy (non-hydrogen) atoms. The molecule has 6 nitrogen and oxygen atoms in total. The van der Waals surface area contributed by atoms with Gasteiger partial charge in [0.05, 0.1) is 18.2 Å². The normalized spacial score (nSPS) is 21.8. The first kappa shape index (κ1) is 19.4. The minimum Gasteiger partial charge on any atom is -0.484 e. The van der Waals surface area contributed by atoms with Crippen LogP contribution in [0.1, 0.15) is 42.4 Å². The number of carbonyl (C=O) groups excluding carboxylic acids is 1. The minimum absolute atomic E-state index is 0.0820. The smallest absolute Gasteiger partial charge is 0.281 e. The van der Waals surface area contributed by atoms with Crippen molar-refractivity contribution >= 4 is 17.7 Å². The van der Waals surface area contributed by atoms with E-state index in [1.54, 1.807) is 17.5 Å². The number of fused-ring (bicyclic) bond motifs is 1. The van der Waals surface area contributed by atoms with Crippen LogP contribution in [0.4, 0.5) is 0 Å². The molecule has 1 aliphatic carbocycles. The number of furan rings is 2. The maximum atomic E-state index is 13.2. The molecule has 1 aromatic carbocycles. The zero-order valence-corrected chi connectivity index (χ0v) is 17.4. The topological polar surface area (TPSA) is 68.2 Å². The van der Waals surface area contributed by atoms with Crippen molar-refractivity contribution < 1.29 is 18.4 Å². The quantitative estimate of drug-likeness (QED) is 0.560. The van der Waals surface area contributed by atoms with Crippen molar-refractivity contribution in [1.29, 1.82) is 0 Å². The summed E-state index contributed by atoms with van der Waals surface area (Å²) in [5.74, 6) is 2.10. The Morgan fingerprint density at radius 3 is 2.84 bits per heavy atom. The van der Waals surface area contributed by atoms with Gasteiger partial charge in [0.1, 0.15) is 23.3 Å². The van der Waals surface area contributed by atoms with E-state index in [0.717, 1.165) is 47.6 Å². The highest BCUT2D eigenvalue weighted by molar-refractivity contribution is 6.08.